The van der Waals surface area contributed by atoms with E-state index in [-0.39, 0.29) is 0 Å². The highest BCUT2D eigenvalue weighted by Crippen LogP contribution is 2.19. The molecule has 2 aliphatic rings. The van der Waals surface area contributed by atoms with Crippen molar-refractivity contribution in [1.82, 2.24) is 14.8 Å². The van der Waals surface area contributed by atoms with Crippen molar-refractivity contribution in [2.75, 3.05) is 50.7 Å². The van der Waals surface area contributed by atoms with Crippen LogP contribution in [-0.2, 0) is 0 Å². The van der Waals surface area contributed by atoms with Gasteiger partial charge in [-0.1, -0.05) is 6.42 Å². The molecule has 0 radical (unpaired) electrons. The summed E-state index contributed by atoms with van der Waals surface area (Å²) in [6, 6.07) is 0.735. The molecular formula is C17H30N6S. The minimum absolute atomic E-state index is 0.709. The van der Waals surface area contributed by atoms with Crippen LogP contribution in [0.2, 0.25) is 0 Å². The molecule has 2 aliphatic heterocycles. The minimum atomic E-state index is 0.709. The van der Waals surface area contributed by atoms with E-state index in [0.29, 0.717) is 5.96 Å². The molecular weight excluding hydrogens is 320 g/mol. The minimum Gasteiger partial charge on any atom is -0.370 e. The Labute approximate surface area is 149 Å². The van der Waals surface area contributed by atoms with Crippen LogP contribution in [0.25, 0.3) is 0 Å². The van der Waals surface area contributed by atoms with E-state index in [1.165, 1.54) is 25.8 Å². The van der Waals surface area contributed by atoms with Crippen LogP contribution in [0.3, 0.4) is 0 Å². The molecule has 134 valence electrons. The third kappa shape index (κ3) is 4.60. The molecule has 1 atom stereocenters. The summed E-state index contributed by atoms with van der Waals surface area (Å²) in [7, 11) is 0. The summed E-state index contributed by atoms with van der Waals surface area (Å²) in [5.74, 6) is 0.709. The Morgan fingerprint density at radius 3 is 2.83 bits per heavy atom. The molecule has 2 saturated heterocycles. The monoisotopic (exact) mass is 350 g/mol. The zero-order valence-electron chi connectivity index (χ0n) is 14.7. The first kappa shape index (κ1) is 17.5. The van der Waals surface area contributed by atoms with Crippen LogP contribution in [0.15, 0.2) is 16.6 Å². The number of guanidine groups is 1. The Balaban J connectivity index is 1.37. The number of hydrogen-bond donors (Lipinski definition) is 1. The molecule has 0 bridgehead atoms. The number of rotatable bonds is 5. The van der Waals surface area contributed by atoms with Crippen molar-refractivity contribution in [2.45, 2.75) is 38.6 Å². The van der Waals surface area contributed by atoms with Crippen LogP contribution >= 0.6 is 11.3 Å². The molecule has 0 amide bonds. The number of piperazine rings is 1. The van der Waals surface area contributed by atoms with Gasteiger partial charge in [-0.2, -0.15) is 0 Å². The maximum Gasteiger partial charge on any atom is 0.191 e. The molecule has 1 aromatic heterocycles. The predicted octanol–water partition coefficient (Wildman–Crippen LogP) is 1.84. The molecule has 2 N–H and O–H groups in total. The molecule has 1 aromatic rings. The van der Waals surface area contributed by atoms with E-state index in [4.69, 9.17) is 5.73 Å². The number of aliphatic imine (C=N–C) groups is 1. The highest BCUT2D eigenvalue weighted by molar-refractivity contribution is 7.13. The van der Waals surface area contributed by atoms with E-state index in [1.54, 1.807) is 11.3 Å². The van der Waals surface area contributed by atoms with Gasteiger partial charge in [-0.25, -0.2) is 4.98 Å². The highest BCUT2D eigenvalue weighted by Gasteiger charge is 2.20. The summed E-state index contributed by atoms with van der Waals surface area (Å²) in [5, 5.41) is 3.14. The second-order valence-electron chi connectivity index (χ2n) is 6.76. The fraction of sp³-hybridized carbons (Fsp3) is 0.765. The Bertz CT molecular complexity index is 509. The molecule has 0 aromatic carbocycles. The molecule has 6 nitrogen and oxygen atoms in total. The Hall–Kier alpha value is -1.34. The molecule has 2 fully saturated rings. The highest BCUT2D eigenvalue weighted by atomic mass is 32.1. The SMILES string of the molecule is CC1CCCCN1CCCN=C(N)N1CCN(c2nccs2)CC1. The summed E-state index contributed by atoms with van der Waals surface area (Å²) in [6.07, 6.45) is 7.04. The maximum absolute atomic E-state index is 6.19. The second-order valence-corrected chi connectivity index (χ2v) is 7.64. The second kappa shape index (κ2) is 8.67. The fourth-order valence-electron chi connectivity index (χ4n) is 3.56. The van der Waals surface area contributed by atoms with Crippen molar-refractivity contribution in [3.05, 3.63) is 11.6 Å². The molecule has 7 heteroatoms. The van der Waals surface area contributed by atoms with E-state index in [2.05, 4.69) is 31.6 Å². The largest absolute Gasteiger partial charge is 0.370 e. The summed E-state index contributed by atoms with van der Waals surface area (Å²) in [4.78, 5) is 16.1. The van der Waals surface area contributed by atoms with Gasteiger partial charge in [-0.15, -0.1) is 11.3 Å². The van der Waals surface area contributed by atoms with Gasteiger partial charge in [0.2, 0.25) is 0 Å². The van der Waals surface area contributed by atoms with Gasteiger partial charge in [0, 0.05) is 56.9 Å². The van der Waals surface area contributed by atoms with Gasteiger partial charge in [0.15, 0.2) is 11.1 Å². The van der Waals surface area contributed by atoms with Crippen LogP contribution in [0.1, 0.15) is 32.6 Å². The quantitative estimate of drug-likeness (QED) is 0.499. The number of nitrogens with two attached hydrogens (primary N) is 1. The zero-order valence-corrected chi connectivity index (χ0v) is 15.5. The lowest BCUT2D eigenvalue weighted by atomic mass is 10.0. The number of hydrogen-bond acceptors (Lipinski definition) is 5. The topological polar surface area (TPSA) is 61.0 Å². The number of aromatic nitrogens is 1. The fourth-order valence-corrected chi connectivity index (χ4v) is 4.25. The molecule has 0 spiro atoms. The predicted molar refractivity (Wildman–Crippen MR) is 102 cm³/mol. The van der Waals surface area contributed by atoms with Crippen molar-refractivity contribution >= 4 is 22.4 Å². The van der Waals surface area contributed by atoms with Crippen LogP contribution in [0.4, 0.5) is 5.13 Å². The average Bonchev–Trinajstić information content (AvgIpc) is 3.15. The number of thiazole rings is 1. The molecule has 24 heavy (non-hydrogen) atoms. The van der Waals surface area contributed by atoms with Crippen LogP contribution in [-0.4, -0.2) is 72.6 Å². The van der Waals surface area contributed by atoms with Gasteiger partial charge in [0.1, 0.15) is 0 Å². The molecule has 3 rings (SSSR count). The lowest BCUT2D eigenvalue weighted by molar-refractivity contribution is 0.160. The molecule has 1 unspecified atom stereocenters. The summed E-state index contributed by atoms with van der Waals surface area (Å²) in [6.45, 7) is 9.37. The van der Waals surface area contributed by atoms with Crippen LogP contribution in [0.5, 0.6) is 0 Å². The van der Waals surface area contributed by atoms with Crippen molar-refractivity contribution in [1.29, 1.82) is 0 Å². The van der Waals surface area contributed by atoms with Gasteiger partial charge >= 0.3 is 0 Å². The standard InChI is InChI=1S/C17H30N6S/c1-15-5-2-3-8-21(15)9-4-6-19-16(18)22-10-12-23(13-11-22)17-20-7-14-24-17/h7,14-15H,2-6,8-13H2,1H3,(H2,18,19). The van der Waals surface area contributed by atoms with E-state index < -0.39 is 0 Å². The lowest BCUT2D eigenvalue weighted by Crippen LogP contribution is -2.51. The third-order valence-corrected chi connectivity index (χ3v) is 5.94. The summed E-state index contributed by atoms with van der Waals surface area (Å²) < 4.78 is 0. The average molecular weight is 351 g/mol. The van der Waals surface area contributed by atoms with E-state index in [0.717, 1.165) is 56.9 Å². The van der Waals surface area contributed by atoms with Gasteiger partial charge < -0.3 is 20.4 Å². The lowest BCUT2D eigenvalue weighted by Gasteiger charge is -2.35. The Kier molecular flexibility index (Phi) is 6.31. The van der Waals surface area contributed by atoms with Gasteiger partial charge in [0.25, 0.3) is 0 Å². The van der Waals surface area contributed by atoms with Crippen molar-refractivity contribution in [2.24, 2.45) is 10.7 Å². The number of piperidine rings is 1. The smallest absolute Gasteiger partial charge is 0.191 e. The number of nitrogens with zero attached hydrogens (tertiary/aromatic N) is 5. The molecule has 0 saturated carbocycles. The first-order valence-corrected chi connectivity index (χ1v) is 10.1. The molecule has 3 heterocycles. The van der Waals surface area contributed by atoms with E-state index in [1.807, 2.05) is 11.6 Å². The first-order chi connectivity index (χ1) is 11.7. The van der Waals surface area contributed by atoms with Gasteiger partial charge in [0.05, 0.1) is 0 Å². The maximum atomic E-state index is 6.19. The number of likely N-dealkylation sites (tertiary alicyclic amines) is 1. The van der Waals surface area contributed by atoms with Crippen molar-refractivity contribution < 1.29 is 0 Å². The zero-order chi connectivity index (χ0) is 16.8. The van der Waals surface area contributed by atoms with Crippen LogP contribution < -0.4 is 10.6 Å². The van der Waals surface area contributed by atoms with E-state index in [9.17, 15) is 0 Å². The third-order valence-electron chi connectivity index (χ3n) is 5.11. The summed E-state index contributed by atoms with van der Waals surface area (Å²) in [5.41, 5.74) is 6.19. The number of anilines is 1. The van der Waals surface area contributed by atoms with Gasteiger partial charge in [-0.3, -0.25) is 4.99 Å². The van der Waals surface area contributed by atoms with Crippen molar-refractivity contribution in [3.8, 4) is 0 Å². The normalized spacial score (nSPS) is 23.7. The van der Waals surface area contributed by atoms with E-state index >= 15 is 0 Å². The van der Waals surface area contributed by atoms with Gasteiger partial charge in [-0.05, 0) is 32.7 Å². The Morgan fingerprint density at radius 1 is 1.29 bits per heavy atom. The van der Waals surface area contributed by atoms with Crippen molar-refractivity contribution in [3.63, 3.8) is 0 Å². The first-order valence-electron chi connectivity index (χ1n) is 9.17. The summed E-state index contributed by atoms with van der Waals surface area (Å²) >= 11 is 1.70. The Morgan fingerprint density at radius 2 is 2.12 bits per heavy atom. The molecule has 0 aliphatic carbocycles. The van der Waals surface area contributed by atoms with Crippen LogP contribution in [0, 0.1) is 0 Å².